The SMILES string of the molecule is COC1CN(C(=O)NCCCCCCC(=O)O)CC1OC. The first kappa shape index (κ1) is 17.7. The largest absolute Gasteiger partial charge is 0.481 e. The molecule has 2 N–H and O–H groups in total. The fourth-order valence-corrected chi connectivity index (χ4v) is 2.42. The van der Waals surface area contributed by atoms with Crippen molar-refractivity contribution in [2.75, 3.05) is 33.9 Å². The van der Waals surface area contributed by atoms with Crippen molar-refractivity contribution in [2.24, 2.45) is 0 Å². The Balaban J connectivity index is 2.10. The van der Waals surface area contributed by atoms with Gasteiger partial charge < -0.3 is 24.8 Å². The van der Waals surface area contributed by atoms with Gasteiger partial charge in [0, 0.05) is 27.2 Å². The number of methoxy groups -OCH3 is 2. The lowest BCUT2D eigenvalue weighted by Crippen LogP contribution is -2.39. The zero-order chi connectivity index (χ0) is 15.7. The van der Waals surface area contributed by atoms with Gasteiger partial charge in [0.1, 0.15) is 12.2 Å². The van der Waals surface area contributed by atoms with Crippen LogP contribution in [-0.4, -0.2) is 68.1 Å². The van der Waals surface area contributed by atoms with Crippen molar-refractivity contribution in [1.82, 2.24) is 10.2 Å². The number of ether oxygens (including phenoxy) is 2. The topological polar surface area (TPSA) is 88.1 Å². The molecule has 1 rings (SSSR count). The number of urea groups is 1. The molecule has 0 saturated carbocycles. The lowest BCUT2D eigenvalue weighted by atomic mass is 10.1. The van der Waals surface area contributed by atoms with E-state index in [4.69, 9.17) is 14.6 Å². The zero-order valence-corrected chi connectivity index (χ0v) is 12.8. The molecule has 1 aliphatic rings. The molecular weight excluding hydrogens is 276 g/mol. The van der Waals surface area contributed by atoms with Gasteiger partial charge in [-0.3, -0.25) is 4.79 Å². The molecular formula is C14H26N2O5. The van der Waals surface area contributed by atoms with Gasteiger partial charge in [-0.25, -0.2) is 4.79 Å². The molecule has 0 spiro atoms. The summed E-state index contributed by atoms with van der Waals surface area (Å²) in [5, 5.41) is 11.4. The molecule has 0 aromatic heterocycles. The number of hydrogen-bond donors (Lipinski definition) is 2. The van der Waals surface area contributed by atoms with Crippen LogP contribution in [0.3, 0.4) is 0 Å². The highest BCUT2D eigenvalue weighted by Gasteiger charge is 2.35. The van der Waals surface area contributed by atoms with Crippen LogP contribution in [0.1, 0.15) is 32.1 Å². The van der Waals surface area contributed by atoms with Gasteiger partial charge in [0.25, 0.3) is 0 Å². The normalized spacial score (nSPS) is 21.5. The molecule has 0 aromatic rings. The molecule has 2 unspecified atom stereocenters. The van der Waals surface area contributed by atoms with Crippen molar-refractivity contribution in [3.63, 3.8) is 0 Å². The molecule has 0 aromatic carbocycles. The Labute approximate surface area is 125 Å². The number of aliphatic carboxylic acids is 1. The van der Waals surface area contributed by atoms with Crippen LogP contribution in [0.15, 0.2) is 0 Å². The Morgan fingerprint density at radius 1 is 1.10 bits per heavy atom. The van der Waals surface area contributed by atoms with Gasteiger partial charge in [0.15, 0.2) is 0 Å². The summed E-state index contributed by atoms with van der Waals surface area (Å²) in [6, 6.07) is -0.0952. The highest BCUT2D eigenvalue weighted by Crippen LogP contribution is 2.15. The third-order valence-corrected chi connectivity index (χ3v) is 3.70. The fraction of sp³-hybridized carbons (Fsp3) is 0.857. The molecule has 21 heavy (non-hydrogen) atoms. The molecule has 1 fully saturated rings. The Morgan fingerprint density at radius 2 is 1.67 bits per heavy atom. The quantitative estimate of drug-likeness (QED) is 0.622. The average Bonchev–Trinajstić information content (AvgIpc) is 2.89. The van der Waals surface area contributed by atoms with Crippen molar-refractivity contribution in [3.05, 3.63) is 0 Å². The second kappa shape index (κ2) is 9.57. The Hall–Kier alpha value is -1.34. The smallest absolute Gasteiger partial charge is 0.317 e. The lowest BCUT2D eigenvalue weighted by molar-refractivity contribution is -0.137. The third-order valence-electron chi connectivity index (χ3n) is 3.70. The van der Waals surface area contributed by atoms with Gasteiger partial charge in [0.2, 0.25) is 0 Å². The van der Waals surface area contributed by atoms with Crippen LogP contribution in [-0.2, 0) is 14.3 Å². The molecule has 7 heteroatoms. The summed E-state index contributed by atoms with van der Waals surface area (Å²) in [5.41, 5.74) is 0. The van der Waals surface area contributed by atoms with E-state index in [9.17, 15) is 9.59 Å². The number of hydrogen-bond acceptors (Lipinski definition) is 4. The maximum atomic E-state index is 12.0. The Kier molecular flexibility index (Phi) is 8.07. The first-order valence-corrected chi connectivity index (χ1v) is 7.38. The predicted molar refractivity (Wildman–Crippen MR) is 77.3 cm³/mol. The molecule has 1 saturated heterocycles. The number of unbranched alkanes of at least 4 members (excludes halogenated alkanes) is 3. The zero-order valence-electron chi connectivity index (χ0n) is 12.8. The second-order valence-electron chi connectivity index (χ2n) is 5.24. The maximum absolute atomic E-state index is 12.0. The predicted octanol–water partition coefficient (Wildman–Crippen LogP) is 1.08. The molecule has 7 nitrogen and oxygen atoms in total. The van der Waals surface area contributed by atoms with Crippen LogP contribution in [0.25, 0.3) is 0 Å². The lowest BCUT2D eigenvalue weighted by Gasteiger charge is -2.16. The molecule has 0 aliphatic carbocycles. The van der Waals surface area contributed by atoms with Gasteiger partial charge in [0.05, 0.1) is 13.1 Å². The number of nitrogens with one attached hydrogen (secondary N) is 1. The van der Waals surface area contributed by atoms with Gasteiger partial charge in [-0.2, -0.15) is 0 Å². The van der Waals surface area contributed by atoms with Gasteiger partial charge in [-0.05, 0) is 12.8 Å². The summed E-state index contributed by atoms with van der Waals surface area (Å²) in [6.07, 6.45) is 3.43. The summed E-state index contributed by atoms with van der Waals surface area (Å²) >= 11 is 0. The maximum Gasteiger partial charge on any atom is 0.317 e. The van der Waals surface area contributed by atoms with E-state index in [2.05, 4.69) is 5.32 Å². The molecule has 0 radical (unpaired) electrons. The van der Waals surface area contributed by atoms with Crippen molar-refractivity contribution in [1.29, 1.82) is 0 Å². The Morgan fingerprint density at radius 3 is 2.19 bits per heavy atom. The van der Waals surface area contributed by atoms with Gasteiger partial charge >= 0.3 is 12.0 Å². The van der Waals surface area contributed by atoms with Crippen LogP contribution in [0.2, 0.25) is 0 Å². The van der Waals surface area contributed by atoms with E-state index in [0.29, 0.717) is 26.1 Å². The van der Waals surface area contributed by atoms with Crippen LogP contribution in [0.5, 0.6) is 0 Å². The highest BCUT2D eigenvalue weighted by atomic mass is 16.5. The van der Waals surface area contributed by atoms with Crippen molar-refractivity contribution < 1.29 is 24.2 Å². The Bertz CT molecular complexity index is 325. The number of amides is 2. The van der Waals surface area contributed by atoms with E-state index < -0.39 is 5.97 Å². The van der Waals surface area contributed by atoms with Crippen molar-refractivity contribution in [3.8, 4) is 0 Å². The molecule has 1 aliphatic heterocycles. The minimum Gasteiger partial charge on any atom is -0.481 e. The average molecular weight is 302 g/mol. The number of carbonyl (C=O) groups is 2. The van der Waals surface area contributed by atoms with E-state index in [1.807, 2.05) is 0 Å². The summed E-state index contributed by atoms with van der Waals surface area (Å²) < 4.78 is 10.6. The summed E-state index contributed by atoms with van der Waals surface area (Å²) in [5.74, 6) is -0.752. The van der Waals surface area contributed by atoms with E-state index in [1.54, 1.807) is 19.1 Å². The van der Waals surface area contributed by atoms with Crippen molar-refractivity contribution in [2.45, 2.75) is 44.3 Å². The summed E-state index contributed by atoms with van der Waals surface area (Å²) in [6.45, 7) is 1.69. The van der Waals surface area contributed by atoms with Gasteiger partial charge in [-0.1, -0.05) is 12.8 Å². The van der Waals surface area contributed by atoms with Crippen LogP contribution < -0.4 is 5.32 Å². The van der Waals surface area contributed by atoms with E-state index in [1.165, 1.54) is 0 Å². The molecule has 122 valence electrons. The summed E-state index contributed by atoms with van der Waals surface area (Å²) in [7, 11) is 3.24. The third kappa shape index (κ3) is 6.31. The van der Waals surface area contributed by atoms with E-state index >= 15 is 0 Å². The van der Waals surface area contributed by atoms with Crippen molar-refractivity contribution >= 4 is 12.0 Å². The standard InChI is InChI=1S/C14H26N2O5/c1-20-11-9-16(10-12(11)21-2)14(19)15-8-6-4-3-5-7-13(17)18/h11-12H,3-10H2,1-2H3,(H,15,19)(H,17,18). The van der Waals surface area contributed by atoms with Crippen LogP contribution >= 0.6 is 0 Å². The molecule has 2 amide bonds. The number of likely N-dealkylation sites (tertiary alicyclic amines) is 1. The minimum atomic E-state index is -0.752. The number of carboxylic acids is 1. The molecule has 1 heterocycles. The van der Waals surface area contributed by atoms with Crippen LogP contribution in [0, 0.1) is 0 Å². The summed E-state index contributed by atoms with van der Waals surface area (Å²) in [4.78, 5) is 24.0. The number of carbonyl (C=O) groups excluding carboxylic acids is 1. The molecule has 0 bridgehead atoms. The minimum absolute atomic E-state index is 0.0724. The number of rotatable bonds is 9. The first-order valence-electron chi connectivity index (χ1n) is 7.38. The second-order valence-corrected chi connectivity index (χ2v) is 5.24. The van der Waals surface area contributed by atoms with E-state index in [0.717, 1.165) is 19.3 Å². The first-order chi connectivity index (χ1) is 10.1. The fourth-order valence-electron chi connectivity index (χ4n) is 2.42. The number of carboxylic acid groups (broad SMARTS) is 1. The van der Waals surface area contributed by atoms with Crippen LogP contribution in [0.4, 0.5) is 4.79 Å². The molecule has 2 atom stereocenters. The van der Waals surface area contributed by atoms with E-state index in [-0.39, 0.29) is 24.7 Å². The monoisotopic (exact) mass is 302 g/mol. The van der Waals surface area contributed by atoms with Gasteiger partial charge in [-0.15, -0.1) is 0 Å². The highest BCUT2D eigenvalue weighted by molar-refractivity contribution is 5.74. The number of nitrogens with zero attached hydrogens (tertiary/aromatic N) is 1.